The van der Waals surface area contributed by atoms with Crippen molar-refractivity contribution in [3.63, 3.8) is 0 Å². The highest BCUT2D eigenvalue weighted by molar-refractivity contribution is 5.30. The molecule has 0 amide bonds. The zero-order valence-corrected chi connectivity index (χ0v) is 13.6. The summed E-state index contributed by atoms with van der Waals surface area (Å²) < 4.78 is 0. The summed E-state index contributed by atoms with van der Waals surface area (Å²) in [6, 6.07) is 11.1. The van der Waals surface area contributed by atoms with Gasteiger partial charge in [-0.2, -0.15) is 0 Å². The minimum Gasteiger partial charge on any atom is -0.392 e. The van der Waals surface area contributed by atoms with E-state index in [1.54, 1.807) is 0 Å². The fraction of sp³-hybridized carbons (Fsp3) is 0.500. The first-order chi connectivity index (χ1) is 11.3. The van der Waals surface area contributed by atoms with Crippen LogP contribution in [0.1, 0.15) is 30.9 Å². The molecule has 3 nitrogen and oxygen atoms in total. The highest BCUT2D eigenvalue weighted by atomic mass is 16.3. The molecule has 0 unspecified atom stereocenters. The summed E-state index contributed by atoms with van der Waals surface area (Å²) in [4.78, 5) is 4.85. The summed E-state index contributed by atoms with van der Waals surface area (Å²) in [5.41, 5.74) is 2.89. The van der Waals surface area contributed by atoms with Gasteiger partial charge in [-0.3, -0.25) is 4.90 Å². The van der Waals surface area contributed by atoms with E-state index in [0.717, 1.165) is 38.5 Å². The van der Waals surface area contributed by atoms with E-state index in [0.29, 0.717) is 6.04 Å². The molecule has 1 saturated heterocycles. The summed E-state index contributed by atoms with van der Waals surface area (Å²) in [5.74, 6) is 0.831. The van der Waals surface area contributed by atoms with Crippen LogP contribution in [0.4, 0.5) is 0 Å². The highest BCUT2D eigenvalue weighted by Gasteiger charge is 2.29. The molecule has 0 radical (unpaired) electrons. The molecule has 4 rings (SSSR count). The Hall–Kier alpha value is -1.58. The molecule has 1 aliphatic carbocycles. The Morgan fingerprint density at radius 2 is 1.96 bits per heavy atom. The van der Waals surface area contributed by atoms with Crippen LogP contribution in [-0.2, 0) is 0 Å². The third-order valence-electron chi connectivity index (χ3n) is 5.31. The largest absolute Gasteiger partial charge is 0.392 e. The normalized spacial score (nSPS) is 26.4. The van der Waals surface area contributed by atoms with E-state index in [2.05, 4.69) is 58.5 Å². The van der Waals surface area contributed by atoms with Gasteiger partial charge in [-0.05, 0) is 42.4 Å². The molecule has 0 bridgehead atoms. The molecule has 3 aliphatic rings. The Morgan fingerprint density at radius 1 is 1.13 bits per heavy atom. The molecule has 23 heavy (non-hydrogen) atoms. The highest BCUT2D eigenvalue weighted by Crippen LogP contribution is 2.38. The summed E-state index contributed by atoms with van der Waals surface area (Å²) in [7, 11) is 0. The number of allylic oxidation sites excluding steroid dienone is 2. The lowest BCUT2D eigenvalue weighted by Crippen LogP contribution is -2.36. The van der Waals surface area contributed by atoms with Crippen LogP contribution in [0.15, 0.2) is 54.3 Å². The van der Waals surface area contributed by atoms with E-state index in [1.165, 1.54) is 24.0 Å². The van der Waals surface area contributed by atoms with Crippen molar-refractivity contribution in [3.05, 3.63) is 59.8 Å². The van der Waals surface area contributed by atoms with Gasteiger partial charge in [0.25, 0.3) is 0 Å². The zero-order valence-electron chi connectivity index (χ0n) is 13.6. The van der Waals surface area contributed by atoms with E-state index in [9.17, 15) is 5.11 Å². The van der Waals surface area contributed by atoms with Crippen LogP contribution in [0.3, 0.4) is 0 Å². The van der Waals surface area contributed by atoms with Gasteiger partial charge < -0.3 is 10.0 Å². The number of β-amino-alcohol motifs (C(OH)–C–C–N with tert-alkyl or cyclic N) is 1. The molecule has 1 aromatic carbocycles. The smallest absolute Gasteiger partial charge is 0.0679 e. The second-order valence-electron chi connectivity index (χ2n) is 7.12. The number of hydrogen-bond acceptors (Lipinski definition) is 3. The number of benzene rings is 1. The summed E-state index contributed by atoms with van der Waals surface area (Å²) in [6.07, 6.45) is 10.5. The van der Waals surface area contributed by atoms with Crippen molar-refractivity contribution in [1.29, 1.82) is 0 Å². The van der Waals surface area contributed by atoms with Gasteiger partial charge in [0, 0.05) is 32.4 Å². The maximum absolute atomic E-state index is 9.82. The van der Waals surface area contributed by atoms with Gasteiger partial charge in [-0.25, -0.2) is 0 Å². The molecule has 1 aromatic rings. The van der Waals surface area contributed by atoms with Crippen molar-refractivity contribution >= 4 is 0 Å². The fourth-order valence-corrected chi connectivity index (χ4v) is 3.77. The number of hydrogen-bond donors (Lipinski definition) is 1. The topological polar surface area (TPSA) is 26.7 Å². The SMILES string of the molecule is O[C@H]1CCN(C[C@H](c2ccccc2)N2C=CC(C3CC3)=CC2)C1. The van der Waals surface area contributed by atoms with Crippen molar-refractivity contribution in [3.8, 4) is 0 Å². The lowest BCUT2D eigenvalue weighted by Gasteiger charge is -2.35. The van der Waals surface area contributed by atoms with Gasteiger partial charge >= 0.3 is 0 Å². The molecular weight excluding hydrogens is 284 g/mol. The van der Waals surface area contributed by atoms with Crippen LogP contribution in [0, 0.1) is 5.92 Å². The predicted molar refractivity (Wildman–Crippen MR) is 92.9 cm³/mol. The minimum absolute atomic E-state index is 0.148. The van der Waals surface area contributed by atoms with Gasteiger partial charge in [-0.15, -0.1) is 0 Å². The van der Waals surface area contributed by atoms with Gasteiger partial charge in [0.1, 0.15) is 0 Å². The summed E-state index contributed by atoms with van der Waals surface area (Å²) in [6.45, 7) is 3.80. The van der Waals surface area contributed by atoms with E-state index < -0.39 is 0 Å². The average Bonchev–Trinajstić information content (AvgIpc) is 3.36. The van der Waals surface area contributed by atoms with Crippen molar-refractivity contribution in [1.82, 2.24) is 9.80 Å². The maximum Gasteiger partial charge on any atom is 0.0679 e. The third-order valence-corrected chi connectivity index (χ3v) is 5.31. The van der Waals surface area contributed by atoms with E-state index in [-0.39, 0.29) is 6.10 Å². The van der Waals surface area contributed by atoms with Crippen LogP contribution in [-0.4, -0.2) is 47.2 Å². The monoisotopic (exact) mass is 310 g/mol. The van der Waals surface area contributed by atoms with E-state index in [1.807, 2.05) is 0 Å². The number of rotatable bonds is 5. The van der Waals surface area contributed by atoms with Gasteiger partial charge in [-0.1, -0.05) is 36.4 Å². The molecule has 0 aromatic heterocycles. The van der Waals surface area contributed by atoms with Crippen LogP contribution in [0.5, 0.6) is 0 Å². The van der Waals surface area contributed by atoms with Gasteiger partial charge in [0.2, 0.25) is 0 Å². The molecule has 0 spiro atoms. The minimum atomic E-state index is -0.148. The fourth-order valence-electron chi connectivity index (χ4n) is 3.77. The molecule has 2 heterocycles. The molecule has 2 fully saturated rings. The first-order valence-electron chi connectivity index (χ1n) is 8.89. The van der Waals surface area contributed by atoms with E-state index in [4.69, 9.17) is 0 Å². The average molecular weight is 310 g/mol. The molecule has 1 saturated carbocycles. The van der Waals surface area contributed by atoms with Crippen molar-refractivity contribution < 1.29 is 5.11 Å². The standard InChI is InChI=1S/C20H26N2O/c23-19-10-11-21(14-19)15-20(18-4-2-1-3-5-18)22-12-8-17(9-13-22)16-6-7-16/h1-5,8-9,12,16,19-20,23H,6-7,10-11,13-15H2/t19-,20+/m0/s1. The van der Waals surface area contributed by atoms with Crippen LogP contribution in [0.25, 0.3) is 0 Å². The predicted octanol–water partition coefficient (Wildman–Crippen LogP) is 2.96. The Balaban J connectivity index is 1.50. The maximum atomic E-state index is 9.82. The number of nitrogens with zero attached hydrogens (tertiary/aromatic N) is 2. The van der Waals surface area contributed by atoms with Crippen LogP contribution in [0.2, 0.25) is 0 Å². The van der Waals surface area contributed by atoms with Crippen LogP contribution < -0.4 is 0 Å². The molecule has 1 N–H and O–H groups in total. The van der Waals surface area contributed by atoms with Gasteiger partial charge in [0.15, 0.2) is 0 Å². The first kappa shape index (κ1) is 15.0. The Kier molecular flexibility index (Phi) is 4.23. The Bertz CT molecular complexity index is 591. The number of aliphatic hydroxyl groups excluding tert-OH is 1. The van der Waals surface area contributed by atoms with Crippen LogP contribution >= 0.6 is 0 Å². The van der Waals surface area contributed by atoms with Crippen molar-refractivity contribution in [2.75, 3.05) is 26.2 Å². The van der Waals surface area contributed by atoms with Crippen molar-refractivity contribution in [2.45, 2.75) is 31.4 Å². The number of aliphatic hydroxyl groups is 1. The molecule has 2 atom stereocenters. The van der Waals surface area contributed by atoms with E-state index >= 15 is 0 Å². The number of likely N-dealkylation sites (tertiary alicyclic amines) is 1. The lowest BCUT2D eigenvalue weighted by molar-refractivity contribution is 0.159. The van der Waals surface area contributed by atoms with Crippen molar-refractivity contribution in [2.24, 2.45) is 5.92 Å². The Morgan fingerprint density at radius 3 is 2.57 bits per heavy atom. The van der Waals surface area contributed by atoms with Gasteiger partial charge in [0.05, 0.1) is 12.1 Å². The summed E-state index contributed by atoms with van der Waals surface area (Å²) >= 11 is 0. The second kappa shape index (κ2) is 6.50. The Labute approximate surface area is 138 Å². The molecule has 122 valence electrons. The summed E-state index contributed by atoms with van der Waals surface area (Å²) in [5, 5.41) is 9.82. The first-order valence-corrected chi connectivity index (χ1v) is 8.89. The molecule has 2 aliphatic heterocycles. The quantitative estimate of drug-likeness (QED) is 0.906. The second-order valence-corrected chi connectivity index (χ2v) is 7.12. The third kappa shape index (κ3) is 3.51. The molecular formula is C20H26N2O. The lowest BCUT2D eigenvalue weighted by atomic mass is 10.0. The molecule has 3 heteroatoms. The zero-order chi connectivity index (χ0) is 15.6.